The van der Waals surface area contributed by atoms with Crippen LogP contribution in [0.1, 0.15) is 37.4 Å². The molecular weight excluding hydrogens is 356 g/mol. The Balaban J connectivity index is 1.86. The van der Waals surface area contributed by atoms with E-state index in [0.29, 0.717) is 5.75 Å². The predicted octanol–water partition coefficient (Wildman–Crippen LogP) is 4.09. The Morgan fingerprint density at radius 1 is 0.893 bits per heavy atom. The molecule has 2 unspecified atom stereocenters. The summed E-state index contributed by atoms with van der Waals surface area (Å²) in [6.07, 6.45) is 1.72. The van der Waals surface area contributed by atoms with Gasteiger partial charge in [-0.2, -0.15) is 0 Å². The molecule has 2 aromatic carbocycles. The zero-order chi connectivity index (χ0) is 20.5. The summed E-state index contributed by atoms with van der Waals surface area (Å²) in [5.41, 5.74) is 2.08. The average Bonchev–Trinajstić information content (AvgIpc) is 2.71. The Bertz CT molecular complexity index is 762. The fourth-order valence-corrected chi connectivity index (χ4v) is 2.97. The number of ether oxygens (including phenoxy) is 3. The monoisotopic (exact) mass is 386 g/mol. The van der Waals surface area contributed by atoms with Gasteiger partial charge in [0.25, 0.3) is 0 Å². The van der Waals surface area contributed by atoms with E-state index in [1.54, 1.807) is 21.3 Å². The van der Waals surface area contributed by atoms with Gasteiger partial charge in [-0.1, -0.05) is 12.1 Å². The van der Waals surface area contributed by atoms with Crippen LogP contribution >= 0.6 is 0 Å². The molecular formula is C22H30N2O4. The number of methoxy groups -OCH3 is 3. The van der Waals surface area contributed by atoms with E-state index in [1.165, 1.54) is 5.56 Å². The summed E-state index contributed by atoms with van der Waals surface area (Å²) in [5.74, 6) is 2.27. The Kier molecular flexibility index (Phi) is 7.99. The summed E-state index contributed by atoms with van der Waals surface area (Å²) in [4.78, 5) is 12.4. The third-order valence-corrected chi connectivity index (χ3v) is 4.65. The van der Waals surface area contributed by atoms with Crippen LogP contribution in [0.25, 0.3) is 0 Å². The van der Waals surface area contributed by atoms with Gasteiger partial charge in [0.2, 0.25) is 0 Å². The van der Waals surface area contributed by atoms with Crippen molar-refractivity contribution in [3.63, 3.8) is 0 Å². The summed E-state index contributed by atoms with van der Waals surface area (Å²) in [6.45, 7) is 3.92. The highest BCUT2D eigenvalue weighted by atomic mass is 16.5. The first-order chi connectivity index (χ1) is 13.5. The third kappa shape index (κ3) is 6.08. The molecule has 0 aliphatic rings. The number of rotatable bonds is 9. The van der Waals surface area contributed by atoms with Crippen LogP contribution in [0.5, 0.6) is 17.2 Å². The summed E-state index contributed by atoms with van der Waals surface area (Å²) in [6, 6.07) is 13.1. The highest BCUT2D eigenvalue weighted by Crippen LogP contribution is 2.29. The molecule has 0 bridgehead atoms. The average molecular weight is 386 g/mol. The minimum absolute atomic E-state index is 0.0431. The van der Waals surface area contributed by atoms with Gasteiger partial charge in [-0.15, -0.1) is 0 Å². The lowest BCUT2D eigenvalue weighted by molar-refractivity contribution is 0.234. The highest BCUT2D eigenvalue weighted by Gasteiger charge is 2.16. The van der Waals surface area contributed by atoms with Gasteiger partial charge in [0.05, 0.1) is 27.4 Å². The van der Waals surface area contributed by atoms with Crippen molar-refractivity contribution in [2.45, 2.75) is 38.8 Å². The molecule has 0 heterocycles. The molecule has 0 radical (unpaired) electrons. The lowest BCUT2D eigenvalue weighted by Crippen LogP contribution is -2.42. The Morgan fingerprint density at radius 3 is 2.14 bits per heavy atom. The van der Waals surface area contributed by atoms with Crippen molar-refractivity contribution in [1.82, 2.24) is 10.6 Å². The van der Waals surface area contributed by atoms with Crippen molar-refractivity contribution in [2.75, 3.05) is 21.3 Å². The van der Waals surface area contributed by atoms with E-state index in [1.807, 2.05) is 56.3 Å². The van der Waals surface area contributed by atoms with Crippen molar-refractivity contribution in [1.29, 1.82) is 0 Å². The number of hydrogen-bond donors (Lipinski definition) is 2. The number of benzene rings is 2. The lowest BCUT2D eigenvalue weighted by Gasteiger charge is -2.20. The normalized spacial score (nSPS) is 12.6. The smallest absolute Gasteiger partial charge is 0.315 e. The van der Waals surface area contributed by atoms with Crippen molar-refractivity contribution in [2.24, 2.45) is 0 Å². The first-order valence-corrected chi connectivity index (χ1v) is 9.38. The van der Waals surface area contributed by atoms with Crippen LogP contribution in [-0.4, -0.2) is 33.4 Å². The molecule has 6 nitrogen and oxygen atoms in total. The standard InChI is InChI=1S/C22H30N2O4/c1-15(6-7-17-8-10-18(26-3)11-9-17)23-22(25)24-16(2)20-14-19(27-4)12-13-21(20)28-5/h8-16H,6-7H2,1-5H3,(H2,23,24,25). The minimum atomic E-state index is -0.223. The number of nitrogens with one attached hydrogen (secondary N) is 2. The Hall–Kier alpha value is -2.89. The first kappa shape index (κ1) is 21.4. The van der Waals surface area contributed by atoms with E-state index < -0.39 is 0 Å². The van der Waals surface area contributed by atoms with Crippen LogP contribution in [0.15, 0.2) is 42.5 Å². The molecule has 152 valence electrons. The van der Waals surface area contributed by atoms with Gasteiger partial charge in [-0.3, -0.25) is 0 Å². The zero-order valence-electron chi connectivity index (χ0n) is 17.2. The van der Waals surface area contributed by atoms with Crippen LogP contribution in [0.4, 0.5) is 4.79 Å². The number of carbonyl (C=O) groups is 1. The fraction of sp³-hybridized carbons (Fsp3) is 0.409. The van der Waals surface area contributed by atoms with E-state index in [-0.39, 0.29) is 18.1 Å². The number of urea groups is 1. The largest absolute Gasteiger partial charge is 0.497 e. The predicted molar refractivity (Wildman–Crippen MR) is 110 cm³/mol. The molecule has 2 N–H and O–H groups in total. The topological polar surface area (TPSA) is 68.8 Å². The van der Waals surface area contributed by atoms with E-state index in [9.17, 15) is 4.79 Å². The Labute approximate surface area is 167 Å². The van der Waals surface area contributed by atoms with E-state index in [4.69, 9.17) is 14.2 Å². The maximum Gasteiger partial charge on any atom is 0.315 e. The van der Waals surface area contributed by atoms with Gasteiger partial charge in [0.1, 0.15) is 17.2 Å². The molecule has 0 aromatic heterocycles. The van der Waals surface area contributed by atoms with Gasteiger partial charge in [-0.25, -0.2) is 4.79 Å². The first-order valence-electron chi connectivity index (χ1n) is 9.38. The van der Waals surface area contributed by atoms with Crippen LogP contribution in [0, 0.1) is 0 Å². The van der Waals surface area contributed by atoms with E-state index >= 15 is 0 Å². The number of hydrogen-bond acceptors (Lipinski definition) is 4. The van der Waals surface area contributed by atoms with Crippen LogP contribution in [0.2, 0.25) is 0 Å². The molecule has 0 saturated heterocycles. The quantitative estimate of drug-likeness (QED) is 0.681. The molecule has 2 amide bonds. The maximum absolute atomic E-state index is 12.4. The van der Waals surface area contributed by atoms with Gasteiger partial charge in [-0.05, 0) is 62.6 Å². The van der Waals surface area contributed by atoms with Gasteiger partial charge in [0.15, 0.2) is 0 Å². The maximum atomic E-state index is 12.4. The van der Waals surface area contributed by atoms with Crippen molar-refractivity contribution >= 4 is 6.03 Å². The SMILES string of the molecule is COc1ccc(CCC(C)NC(=O)NC(C)c2cc(OC)ccc2OC)cc1. The molecule has 6 heteroatoms. The molecule has 2 atom stereocenters. The summed E-state index contributed by atoms with van der Waals surface area (Å²) in [5, 5.41) is 5.96. The van der Waals surface area contributed by atoms with Gasteiger partial charge < -0.3 is 24.8 Å². The number of amides is 2. The second kappa shape index (κ2) is 10.4. The molecule has 28 heavy (non-hydrogen) atoms. The molecule has 0 spiro atoms. The van der Waals surface area contributed by atoms with Crippen LogP contribution in [-0.2, 0) is 6.42 Å². The second-order valence-corrected chi connectivity index (χ2v) is 6.74. The zero-order valence-corrected chi connectivity index (χ0v) is 17.2. The van der Waals surface area contributed by atoms with Gasteiger partial charge in [0, 0.05) is 11.6 Å². The van der Waals surface area contributed by atoms with Crippen molar-refractivity contribution in [3.05, 3.63) is 53.6 Å². The molecule has 0 fully saturated rings. The molecule has 2 aromatic rings. The summed E-state index contributed by atoms with van der Waals surface area (Å²) < 4.78 is 15.8. The molecule has 0 saturated carbocycles. The highest BCUT2D eigenvalue weighted by molar-refractivity contribution is 5.74. The van der Waals surface area contributed by atoms with Crippen LogP contribution < -0.4 is 24.8 Å². The molecule has 2 rings (SSSR count). The fourth-order valence-electron chi connectivity index (χ4n) is 2.97. The Morgan fingerprint density at radius 2 is 1.54 bits per heavy atom. The molecule has 0 aliphatic carbocycles. The van der Waals surface area contributed by atoms with Gasteiger partial charge >= 0.3 is 6.03 Å². The lowest BCUT2D eigenvalue weighted by atomic mass is 10.1. The number of aryl methyl sites for hydroxylation is 1. The second-order valence-electron chi connectivity index (χ2n) is 6.74. The van der Waals surface area contributed by atoms with E-state index in [0.717, 1.165) is 29.9 Å². The van der Waals surface area contributed by atoms with Crippen LogP contribution in [0.3, 0.4) is 0 Å². The minimum Gasteiger partial charge on any atom is -0.497 e. The van der Waals surface area contributed by atoms with Crippen molar-refractivity contribution in [3.8, 4) is 17.2 Å². The molecule has 0 aliphatic heterocycles. The number of carbonyl (C=O) groups excluding carboxylic acids is 1. The van der Waals surface area contributed by atoms with Crippen molar-refractivity contribution < 1.29 is 19.0 Å². The third-order valence-electron chi connectivity index (χ3n) is 4.65. The van der Waals surface area contributed by atoms with E-state index in [2.05, 4.69) is 10.6 Å². The summed E-state index contributed by atoms with van der Waals surface area (Å²) >= 11 is 0. The summed E-state index contributed by atoms with van der Waals surface area (Å²) in [7, 11) is 4.88.